The maximum Gasteiger partial charge on any atom is 0.408 e. The molecule has 0 aliphatic carbocycles. The molecule has 0 aliphatic rings. The minimum Gasteiger partial charge on any atom is -0.478 e. The molecule has 0 heterocycles. The molecule has 1 aromatic rings. The van der Waals surface area contributed by atoms with Crippen molar-refractivity contribution in [2.24, 2.45) is 0 Å². The number of hydrogen-bond acceptors (Lipinski definition) is 4. The van der Waals surface area contributed by atoms with E-state index >= 15 is 0 Å². The summed E-state index contributed by atoms with van der Waals surface area (Å²) in [7, 11) is 0. The van der Waals surface area contributed by atoms with Gasteiger partial charge in [0.2, 0.25) is 0 Å². The summed E-state index contributed by atoms with van der Waals surface area (Å²) in [4.78, 5) is 23.5. The largest absolute Gasteiger partial charge is 0.478 e. The molecule has 0 saturated carbocycles. The number of carboxylic acid groups (broad SMARTS) is 1. The molecule has 2 N–H and O–H groups in total. The Hall–Kier alpha value is -1.95. The van der Waals surface area contributed by atoms with Crippen molar-refractivity contribution < 1.29 is 19.4 Å². The number of aliphatic carboxylic acids is 1. The molecule has 1 amide bonds. The topological polar surface area (TPSA) is 75.6 Å². The molecule has 120 valence electrons. The molecule has 0 fully saturated rings. The molecule has 0 spiro atoms. The van der Waals surface area contributed by atoms with Crippen LogP contribution < -0.4 is 5.32 Å². The Labute approximate surface area is 134 Å². The molecule has 1 unspecified atom stereocenters. The van der Waals surface area contributed by atoms with Gasteiger partial charge in [-0.3, -0.25) is 0 Å². The SMILES string of the molecule is CC(C)(C)OC(=O)NC(C=CC(=O)O)CSc1ccccc1. The van der Waals surface area contributed by atoms with Crippen LogP contribution in [0, 0.1) is 0 Å². The Morgan fingerprint density at radius 2 is 1.95 bits per heavy atom. The number of hydrogen-bond donors (Lipinski definition) is 2. The van der Waals surface area contributed by atoms with E-state index < -0.39 is 23.7 Å². The molecule has 0 radical (unpaired) electrons. The second-order valence-corrected chi connectivity index (χ2v) is 6.67. The monoisotopic (exact) mass is 323 g/mol. The predicted molar refractivity (Wildman–Crippen MR) is 87.1 cm³/mol. The first kappa shape index (κ1) is 18.1. The number of rotatable bonds is 6. The van der Waals surface area contributed by atoms with E-state index in [9.17, 15) is 9.59 Å². The molecule has 0 aromatic heterocycles. The van der Waals surface area contributed by atoms with Gasteiger partial charge >= 0.3 is 12.1 Å². The standard InChI is InChI=1S/C16H21NO4S/c1-16(2,3)21-15(20)17-12(9-10-14(18)19)11-22-13-7-5-4-6-8-13/h4-10,12H,11H2,1-3H3,(H,17,20)(H,18,19). The molecule has 1 aromatic carbocycles. The molecule has 6 heteroatoms. The van der Waals surface area contributed by atoms with E-state index in [1.165, 1.54) is 17.8 Å². The van der Waals surface area contributed by atoms with Crippen LogP contribution in [-0.2, 0) is 9.53 Å². The number of carbonyl (C=O) groups is 2. The minimum absolute atomic E-state index is 0.434. The third kappa shape index (κ3) is 8.36. The average Bonchev–Trinajstić information content (AvgIpc) is 2.41. The third-order valence-corrected chi connectivity index (χ3v) is 3.48. The van der Waals surface area contributed by atoms with E-state index in [-0.39, 0.29) is 0 Å². The Morgan fingerprint density at radius 3 is 2.50 bits per heavy atom. The van der Waals surface area contributed by atoms with Crippen molar-refractivity contribution in [3.8, 4) is 0 Å². The second kappa shape index (κ2) is 8.48. The first-order valence-corrected chi connectivity index (χ1v) is 7.83. The Kier molecular flexibility index (Phi) is 6.98. The number of thioether (sulfide) groups is 1. The smallest absolute Gasteiger partial charge is 0.408 e. The van der Waals surface area contributed by atoms with E-state index in [0.717, 1.165) is 11.0 Å². The number of amides is 1. The van der Waals surface area contributed by atoms with Crippen molar-refractivity contribution in [2.45, 2.75) is 37.3 Å². The van der Waals surface area contributed by atoms with Crippen molar-refractivity contribution in [3.63, 3.8) is 0 Å². The van der Waals surface area contributed by atoms with Gasteiger partial charge in [-0.1, -0.05) is 24.3 Å². The van der Waals surface area contributed by atoms with Gasteiger partial charge < -0.3 is 15.2 Å². The Bertz CT molecular complexity index is 523. The first-order chi connectivity index (χ1) is 10.3. The highest BCUT2D eigenvalue weighted by atomic mass is 32.2. The maximum absolute atomic E-state index is 11.8. The molecule has 22 heavy (non-hydrogen) atoms. The lowest BCUT2D eigenvalue weighted by Gasteiger charge is -2.22. The molecule has 5 nitrogen and oxygen atoms in total. The highest BCUT2D eigenvalue weighted by Gasteiger charge is 2.18. The van der Waals surface area contributed by atoms with Crippen LogP contribution in [0.4, 0.5) is 4.79 Å². The van der Waals surface area contributed by atoms with Crippen molar-refractivity contribution in [2.75, 3.05) is 5.75 Å². The normalized spacial score (nSPS) is 12.9. The zero-order valence-electron chi connectivity index (χ0n) is 12.9. The highest BCUT2D eigenvalue weighted by Crippen LogP contribution is 2.18. The Balaban J connectivity index is 2.63. The molecular weight excluding hydrogens is 302 g/mol. The van der Waals surface area contributed by atoms with Gasteiger partial charge in [-0.2, -0.15) is 0 Å². The van der Waals surface area contributed by atoms with Crippen LogP contribution in [0.1, 0.15) is 20.8 Å². The van der Waals surface area contributed by atoms with Gasteiger partial charge in [-0.05, 0) is 32.9 Å². The van der Waals surface area contributed by atoms with Gasteiger partial charge in [0, 0.05) is 16.7 Å². The fourth-order valence-electron chi connectivity index (χ4n) is 1.51. The lowest BCUT2D eigenvalue weighted by Crippen LogP contribution is -2.39. The van der Waals surface area contributed by atoms with Crippen molar-refractivity contribution in [1.82, 2.24) is 5.32 Å². The molecule has 1 atom stereocenters. The molecule has 0 saturated heterocycles. The van der Waals surface area contributed by atoms with Gasteiger partial charge in [-0.15, -0.1) is 11.8 Å². The fraction of sp³-hybridized carbons (Fsp3) is 0.375. The summed E-state index contributed by atoms with van der Waals surface area (Å²) in [6.07, 6.45) is 1.90. The predicted octanol–water partition coefficient (Wildman–Crippen LogP) is 3.31. The summed E-state index contributed by atoms with van der Waals surface area (Å²) in [6, 6.07) is 9.24. The highest BCUT2D eigenvalue weighted by molar-refractivity contribution is 7.99. The fourth-order valence-corrected chi connectivity index (χ4v) is 2.42. The summed E-state index contributed by atoms with van der Waals surface area (Å²) in [6.45, 7) is 5.31. The van der Waals surface area contributed by atoms with Gasteiger partial charge in [-0.25, -0.2) is 9.59 Å². The summed E-state index contributed by atoms with van der Waals surface area (Å²) >= 11 is 1.53. The average molecular weight is 323 g/mol. The number of carbonyl (C=O) groups excluding carboxylic acids is 1. The molecular formula is C16H21NO4S. The van der Waals surface area contributed by atoms with E-state index in [0.29, 0.717) is 5.75 Å². The van der Waals surface area contributed by atoms with E-state index in [2.05, 4.69) is 5.32 Å². The number of ether oxygens (including phenoxy) is 1. The first-order valence-electron chi connectivity index (χ1n) is 6.85. The van der Waals surface area contributed by atoms with Gasteiger partial charge in [0.05, 0.1) is 6.04 Å². The number of nitrogens with one attached hydrogen (secondary N) is 1. The van der Waals surface area contributed by atoms with Crippen molar-refractivity contribution in [3.05, 3.63) is 42.5 Å². The van der Waals surface area contributed by atoms with Crippen LogP contribution >= 0.6 is 11.8 Å². The quantitative estimate of drug-likeness (QED) is 0.620. The lowest BCUT2D eigenvalue weighted by atomic mass is 10.2. The van der Waals surface area contributed by atoms with E-state index in [1.807, 2.05) is 30.3 Å². The molecule has 0 aliphatic heterocycles. The number of benzene rings is 1. The third-order valence-electron chi connectivity index (χ3n) is 2.35. The van der Waals surface area contributed by atoms with Crippen LogP contribution in [0.3, 0.4) is 0 Å². The summed E-state index contributed by atoms with van der Waals surface area (Å²) in [5, 5.41) is 11.4. The van der Waals surface area contributed by atoms with Crippen LogP contribution in [0.2, 0.25) is 0 Å². The van der Waals surface area contributed by atoms with Gasteiger partial charge in [0.25, 0.3) is 0 Å². The lowest BCUT2D eigenvalue weighted by molar-refractivity contribution is -0.131. The van der Waals surface area contributed by atoms with Gasteiger partial charge in [0.15, 0.2) is 0 Å². The maximum atomic E-state index is 11.8. The van der Waals surface area contributed by atoms with E-state index in [4.69, 9.17) is 9.84 Å². The van der Waals surface area contributed by atoms with Crippen LogP contribution in [0.25, 0.3) is 0 Å². The zero-order valence-corrected chi connectivity index (χ0v) is 13.7. The number of carboxylic acids is 1. The van der Waals surface area contributed by atoms with Crippen molar-refractivity contribution in [1.29, 1.82) is 0 Å². The van der Waals surface area contributed by atoms with E-state index in [1.54, 1.807) is 20.8 Å². The Morgan fingerprint density at radius 1 is 1.32 bits per heavy atom. The molecule has 0 bridgehead atoms. The van der Waals surface area contributed by atoms with Crippen molar-refractivity contribution >= 4 is 23.8 Å². The molecule has 1 rings (SSSR count). The zero-order chi connectivity index (χ0) is 16.6. The minimum atomic E-state index is -1.05. The summed E-state index contributed by atoms with van der Waals surface area (Å²) in [5.74, 6) is -0.548. The second-order valence-electron chi connectivity index (χ2n) is 5.57. The van der Waals surface area contributed by atoms with Crippen LogP contribution in [-0.4, -0.2) is 34.6 Å². The van der Waals surface area contributed by atoms with Crippen LogP contribution in [0.5, 0.6) is 0 Å². The summed E-state index contributed by atoms with van der Waals surface area (Å²) < 4.78 is 5.19. The number of alkyl carbamates (subject to hydrolysis) is 1. The summed E-state index contributed by atoms with van der Waals surface area (Å²) in [5.41, 5.74) is -0.599. The van der Waals surface area contributed by atoms with Gasteiger partial charge in [0.1, 0.15) is 5.60 Å². The van der Waals surface area contributed by atoms with Crippen LogP contribution in [0.15, 0.2) is 47.4 Å².